The highest BCUT2D eigenvalue weighted by Gasteiger charge is 2.16. The third-order valence-corrected chi connectivity index (χ3v) is 1.99. The van der Waals surface area contributed by atoms with Crippen LogP contribution < -0.4 is 9.47 Å². The van der Waals surface area contributed by atoms with Gasteiger partial charge >= 0.3 is 5.97 Å². The third-order valence-electron chi connectivity index (χ3n) is 1.99. The lowest BCUT2D eigenvalue weighted by Crippen LogP contribution is -2.25. The fourth-order valence-corrected chi connectivity index (χ4v) is 1.23. The van der Waals surface area contributed by atoms with Crippen molar-refractivity contribution in [3.05, 3.63) is 24.3 Å². The predicted octanol–water partition coefficient (Wildman–Crippen LogP) is 2.03. The second-order valence-electron chi connectivity index (χ2n) is 3.16. The summed E-state index contributed by atoms with van der Waals surface area (Å²) in [6, 6.07) is 7.22. The highest BCUT2D eigenvalue weighted by molar-refractivity contribution is 5.74. The van der Waals surface area contributed by atoms with E-state index < -0.39 is 12.1 Å². The Morgan fingerprint density at radius 2 is 1.94 bits per heavy atom. The zero-order chi connectivity index (χ0) is 12.0. The van der Waals surface area contributed by atoms with Crippen molar-refractivity contribution in [1.29, 1.82) is 0 Å². The van der Waals surface area contributed by atoms with E-state index in [1.165, 1.54) is 7.11 Å². The van der Waals surface area contributed by atoms with Crippen LogP contribution in [0.1, 0.15) is 13.8 Å². The van der Waals surface area contributed by atoms with E-state index in [0.29, 0.717) is 18.1 Å². The average Bonchev–Trinajstić information content (AvgIpc) is 2.31. The lowest BCUT2D eigenvalue weighted by Gasteiger charge is -2.15. The first-order valence-electron chi connectivity index (χ1n) is 5.15. The maximum atomic E-state index is 11.2. The molecule has 0 heterocycles. The van der Waals surface area contributed by atoms with Crippen molar-refractivity contribution < 1.29 is 19.0 Å². The SMILES string of the molecule is CCOc1ccccc1OC(C)C(=O)OC. The van der Waals surface area contributed by atoms with Crippen LogP contribution in [0.25, 0.3) is 0 Å². The standard InChI is InChI=1S/C12H16O4/c1-4-15-10-7-5-6-8-11(10)16-9(2)12(13)14-3/h5-9H,4H2,1-3H3. The van der Waals surface area contributed by atoms with Crippen molar-refractivity contribution in [2.24, 2.45) is 0 Å². The summed E-state index contributed by atoms with van der Waals surface area (Å²) in [5.41, 5.74) is 0. The zero-order valence-corrected chi connectivity index (χ0v) is 9.73. The topological polar surface area (TPSA) is 44.8 Å². The molecule has 0 spiro atoms. The first-order valence-corrected chi connectivity index (χ1v) is 5.15. The number of methoxy groups -OCH3 is 1. The van der Waals surface area contributed by atoms with Crippen molar-refractivity contribution in [2.75, 3.05) is 13.7 Å². The molecule has 0 radical (unpaired) electrons. The van der Waals surface area contributed by atoms with E-state index in [0.717, 1.165) is 0 Å². The summed E-state index contributed by atoms with van der Waals surface area (Å²) in [6.45, 7) is 4.07. The molecule has 0 aliphatic heterocycles. The van der Waals surface area contributed by atoms with Gasteiger partial charge in [-0.05, 0) is 26.0 Å². The molecule has 0 fully saturated rings. The number of carbonyl (C=O) groups excluding carboxylic acids is 1. The van der Waals surface area contributed by atoms with Crippen molar-refractivity contribution in [1.82, 2.24) is 0 Å². The van der Waals surface area contributed by atoms with Crippen LogP contribution in [0, 0.1) is 0 Å². The summed E-state index contributed by atoms with van der Waals surface area (Å²) >= 11 is 0. The largest absolute Gasteiger partial charge is 0.490 e. The van der Waals surface area contributed by atoms with Crippen LogP contribution in [0.5, 0.6) is 11.5 Å². The Morgan fingerprint density at radius 1 is 1.31 bits per heavy atom. The maximum Gasteiger partial charge on any atom is 0.346 e. The summed E-state index contributed by atoms with van der Waals surface area (Å²) in [7, 11) is 1.33. The highest BCUT2D eigenvalue weighted by Crippen LogP contribution is 2.27. The molecule has 16 heavy (non-hydrogen) atoms. The second kappa shape index (κ2) is 6.00. The van der Waals surface area contributed by atoms with E-state index in [9.17, 15) is 4.79 Å². The minimum atomic E-state index is -0.647. The Morgan fingerprint density at radius 3 is 2.50 bits per heavy atom. The fourth-order valence-electron chi connectivity index (χ4n) is 1.23. The molecule has 1 rings (SSSR count). The van der Waals surface area contributed by atoms with Gasteiger partial charge in [0.05, 0.1) is 13.7 Å². The van der Waals surface area contributed by atoms with Crippen LogP contribution in [0.4, 0.5) is 0 Å². The molecule has 4 heteroatoms. The van der Waals surface area contributed by atoms with Gasteiger partial charge < -0.3 is 14.2 Å². The van der Waals surface area contributed by atoms with Gasteiger partial charge in [-0.15, -0.1) is 0 Å². The number of hydrogen-bond acceptors (Lipinski definition) is 4. The molecule has 0 aromatic heterocycles. The number of carbonyl (C=O) groups is 1. The molecule has 88 valence electrons. The van der Waals surface area contributed by atoms with Gasteiger partial charge in [0.1, 0.15) is 0 Å². The van der Waals surface area contributed by atoms with Crippen molar-refractivity contribution in [3.63, 3.8) is 0 Å². The maximum absolute atomic E-state index is 11.2. The Kier molecular flexibility index (Phi) is 4.64. The van der Waals surface area contributed by atoms with Crippen molar-refractivity contribution in [3.8, 4) is 11.5 Å². The van der Waals surface area contributed by atoms with E-state index in [1.807, 2.05) is 19.1 Å². The summed E-state index contributed by atoms with van der Waals surface area (Å²) in [4.78, 5) is 11.2. The molecule has 1 aromatic rings. The molecule has 4 nitrogen and oxygen atoms in total. The Labute approximate surface area is 95.1 Å². The second-order valence-corrected chi connectivity index (χ2v) is 3.16. The Balaban J connectivity index is 2.75. The first kappa shape index (κ1) is 12.4. The van der Waals surface area contributed by atoms with Gasteiger partial charge in [0.25, 0.3) is 0 Å². The van der Waals surface area contributed by atoms with Gasteiger partial charge in [0.2, 0.25) is 0 Å². The molecule has 0 amide bonds. The van der Waals surface area contributed by atoms with Crippen molar-refractivity contribution >= 4 is 5.97 Å². The molecule has 0 saturated carbocycles. The molecule has 0 N–H and O–H groups in total. The van der Waals surface area contributed by atoms with E-state index in [4.69, 9.17) is 9.47 Å². The van der Waals surface area contributed by atoms with E-state index in [2.05, 4.69) is 4.74 Å². The summed E-state index contributed by atoms with van der Waals surface area (Å²) in [5.74, 6) is 0.759. The average molecular weight is 224 g/mol. The van der Waals surface area contributed by atoms with Gasteiger partial charge in [-0.1, -0.05) is 12.1 Å². The highest BCUT2D eigenvalue weighted by atomic mass is 16.6. The Bertz CT molecular complexity index is 349. The van der Waals surface area contributed by atoms with Crippen LogP contribution in [-0.2, 0) is 9.53 Å². The van der Waals surface area contributed by atoms with Crippen LogP contribution in [0.15, 0.2) is 24.3 Å². The molecule has 1 unspecified atom stereocenters. The monoisotopic (exact) mass is 224 g/mol. The number of para-hydroxylation sites is 2. The van der Waals surface area contributed by atoms with Gasteiger partial charge in [-0.3, -0.25) is 0 Å². The minimum Gasteiger partial charge on any atom is -0.490 e. The van der Waals surface area contributed by atoms with Crippen LogP contribution in [-0.4, -0.2) is 25.8 Å². The molecule has 1 atom stereocenters. The third kappa shape index (κ3) is 3.15. The van der Waals surface area contributed by atoms with Crippen molar-refractivity contribution in [2.45, 2.75) is 20.0 Å². The van der Waals surface area contributed by atoms with Crippen LogP contribution >= 0.6 is 0 Å². The van der Waals surface area contributed by atoms with Gasteiger partial charge in [-0.25, -0.2) is 4.79 Å². The first-order chi connectivity index (χ1) is 7.69. The summed E-state index contributed by atoms with van der Waals surface area (Å²) in [5, 5.41) is 0. The summed E-state index contributed by atoms with van der Waals surface area (Å²) in [6.07, 6.45) is -0.647. The molecule has 0 saturated heterocycles. The molecule has 0 bridgehead atoms. The predicted molar refractivity (Wildman–Crippen MR) is 59.7 cm³/mol. The quantitative estimate of drug-likeness (QED) is 0.718. The summed E-state index contributed by atoms with van der Waals surface area (Å²) < 4.78 is 15.4. The van der Waals surface area contributed by atoms with Gasteiger partial charge in [0.15, 0.2) is 17.6 Å². The van der Waals surface area contributed by atoms with E-state index >= 15 is 0 Å². The lowest BCUT2D eigenvalue weighted by atomic mass is 10.3. The number of esters is 1. The van der Waals surface area contributed by atoms with Gasteiger partial charge in [0, 0.05) is 0 Å². The lowest BCUT2D eigenvalue weighted by molar-refractivity contribution is -0.147. The fraction of sp³-hybridized carbons (Fsp3) is 0.417. The zero-order valence-electron chi connectivity index (χ0n) is 9.73. The molecule has 0 aliphatic rings. The molecule has 1 aromatic carbocycles. The number of hydrogen-bond donors (Lipinski definition) is 0. The van der Waals surface area contributed by atoms with Crippen LogP contribution in [0.2, 0.25) is 0 Å². The number of rotatable bonds is 5. The van der Waals surface area contributed by atoms with E-state index in [-0.39, 0.29) is 0 Å². The van der Waals surface area contributed by atoms with Gasteiger partial charge in [-0.2, -0.15) is 0 Å². The normalized spacial score (nSPS) is 11.7. The number of benzene rings is 1. The smallest absolute Gasteiger partial charge is 0.346 e. The molecular weight excluding hydrogens is 208 g/mol. The molecular formula is C12H16O4. The Hall–Kier alpha value is -1.71. The van der Waals surface area contributed by atoms with Crippen LogP contribution in [0.3, 0.4) is 0 Å². The minimum absolute atomic E-state index is 0.411. The molecule has 0 aliphatic carbocycles. The number of ether oxygens (including phenoxy) is 3. The van der Waals surface area contributed by atoms with E-state index in [1.54, 1.807) is 19.1 Å².